The second-order valence-electron chi connectivity index (χ2n) is 4.48. The Labute approximate surface area is 142 Å². The van der Waals surface area contributed by atoms with E-state index < -0.39 is 0 Å². The predicted octanol–water partition coefficient (Wildman–Crippen LogP) is 5.21. The molecule has 2 rings (SSSR count). The minimum atomic E-state index is 0.0144. The Hall–Kier alpha value is -0.910. The van der Waals surface area contributed by atoms with Gasteiger partial charge in [0, 0.05) is 20.0 Å². The number of aryl methyl sites for hydroxylation is 1. The molecule has 0 atom stereocenters. The maximum Gasteiger partial charge on any atom is 0.234 e. The summed E-state index contributed by atoms with van der Waals surface area (Å²) in [7, 11) is 0. The van der Waals surface area contributed by atoms with E-state index in [9.17, 15) is 4.79 Å². The van der Waals surface area contributed by atoms with Crippen molar-refractivity contribution in [1.29, 1.82) is 0 Å². The van der Waals surface area contributed by atoms with E-state index in [-0.39, 0.29) is 5.91 Å². The van der Waals surface area contributed by atoms with Crippen molar-refractivity contribution in [3.05, 3.63) is 52.5 Å². The highest BCUT2D eigenvalue weighted by molar-refractivity contribution is 9.10. The predicted molar refractivity (Wildman–Crippen MR) is 96.5 cm³/mol. The highest BCUT2D eigenvalue weighted by atomic mass is 79.9. The quantitative estimate of drug-likeness (QED) is 0.720. The van der Waals surface area contributed by atoms with Gasteiger partial charge < -0.3 is 5.32 Å². The lowest BCUT2D eigenvalue weighted by atomic mass is 10.2. The number of rotatable bonds is 5. The first-order valence-corrected chi connectivity index (χ1v) is 9.41. The Morgan fingerprint density at radius 2 is 2.05 bits per heavy atom. The van der Waals surface area contributed by atoms with Crippen LogP contribution in [0.5, 0.6) is 0 Å². The van der Waals surface area contributed by atoms with Crippen LogP contribution in [0, 0.1) is 6.92 Å². The fourth-order valence-corrected chi connectivity index (χ4v) is 3.56. The van der Waals surface area contributed by atoms with Crippen molar-refractivity contribution >= 4 is 51.0 Å². The van der Waals surface area contributed by atoms with Crippen LogP contribution in [0.25, 0.3) is 0 Å². The maximum absolute atomic E-state index is 12.0. The standard InChI is InChI=1S/C16H16BrNOS2/c1-11-8-12(17)6-7-15(11)21-10-16(19)18-13-4-3-5-14(9-13)20-2/h3-9H,10H2,1-2H3,(H,18,19). The van der Waals surface area contributed by atoms with E-state index in [1.54, 1.807) is 23.5 Å². The summed E-state index contributed by atoms with van der Waals surface area (Å²) in [4.78, 5) is 14.3. The van der Waals surface area contributed by atoms with E-state index >= 15 is 0 Å². The van der Waals surface area contributed by atoms with Crippen LogP contribution in [0.1, 0.15) is 5.56 Å². The Morgan fingerprint density at radius 3 is 2.76 bits per heavy atom. The average molecular weight is 382 g/mol. The molecule has 0 radical (unpaired) electrons. The number of benzene rings is 2. The van der Waals surface area contributed by atoms with Crippen LogP contribution >= 0.6 is 39.5 Å². The fourth-order valence-electron chi connectivity index (χ4n) is 1.82. The molecule has 0 aromatic heterocycles. The maximum atomic E-state index is 12.0. The number of thioether (sulfide) groups is 2. The molecule has 0 bridgehead atoms. The molecule has 0 aliphatic rings. The third kappa shape index (κ3) is 5.09. The van der Waals surface area contributed by atoms with Gasteiger partial charge in [-0.15, -0.1) is 23.5 Å². The molecule has 0 aliphatic carbocycles. The van der Waals surface area contributed by atoms with Gasteiger partial charge in [-0.3, -0.25) is 4.79 Å². The lowest BCUT2D eigenvalue weighted by molar-refractivity contribution is -0.113. The first-order valence-electron chi connectivity index (χ1n) is 6.41. The lowest BCUT2D eigenvalue weighted by Gasteiger charge is -2.08. The fraction of sp³-hybridized carbons (Fsp3) is 0.188. The smallest absolute Gasteiger partial charge is 0.234 e. The summed E-state index contributed by atoms with van der Waals surface area (Å²) in [5.74, 6) is 0.423. The van der Waals surface area contributed by atoms with Gasteiger partial charge in [-0.1, -0.05) is 22.0 Å². The summed E-state index contributed by atoms with van der Waals surface area (Å²) in [6.45, 7) is 2.05. The summed E-state index contributed by atoms with van der Waals surface area (Å²) in [5.41, 5.74) is 2.02. The third-order valence-electron chi connectivity index (χ3n) is 2.85. The Bertz CT molecular complexity index is 646. The van der Waals surface area contributed by atoms with E-state index in [0.29, 0.717) is 5.75 Å². The first kappa shape index (κ1) is 16.5. The molecule has 1 amide bonds. The molecule has 0 aliphatic heterocycles. The van der Waals surface area contributed by atoms with Gasteiger partial charge in [0.25, 0.3) is 0 Å². The number of carbonyl (C=O) groups excluding carboxylic acids is 1. The SMILES string of the molecule is CSc1cccc(NC(=O)CSc2ccc(Br)cc2C)c1. The van der Waals surface area contributed by atoms with E-state index in [0.717, 1.165) is 20.0 Å². The number of anilines is 1. The molecule has 2 aromatic carbocycles. The topological polar surface area (TPSA) is 29.1 Å². The van der Waals surface area contributed by atoms with Crippen LogP contribution in [0.2, 0.25) is 0 Å². The van der Waals surface area contributed by atoms with Gasteiger partial charge in [0.1, 0.15) is 0 Å². The highest BCUT2D eigenvalue weighted by Crippen LogP contribution is 2.25. The van der Waals surface area contributed by atoms with E-state index in [1.807, 2.05) is 49.6 Å². The van der Waals surface area contributed by atoms with Gasteiger partial charge in [-0.05, 0) is 55.1 Å². The van der Waals surface area contributed by atoms with Gasteiger partial charge in [-0.25, -0.2) is 0 Å². The molecule has 5 heteroatoms. The van der Waals surface area contributed by atoms with Crippen LogP contribution in [0.4, 0.5) is 5.69 Å². The van der Waals surface area contributed by atoms with Gasteiger partial charge in [0.05, 0.1) is 5.75 Å². The zero-order valence-corrected chi connectivity index (χ0v) is 15.1. The average Bonchev–Trinajstić information content (AvgIpc) is 2.46. The second kappa shape index (κ2) is 7.92. The number of hydrogen-bond acceptors (Lipinski definition) is 3. The molecule has 1 N–H and O–H groups in total. The van der Waals surface area contributed by atoms with Gasteiger partial charge >= 0.3 is 0 Å². The minimum Gasteiger partial charge on any atom is -0.325 e. The minimum absolute atomic E-state index is 0.0144. The van der Waals surface area contributed by atoms with E-state index in [1.165, 1.54) is 5.56 Å². The van der Waals surface area contributed by atoms with Crippen molar-refractivity contribution in [2.45, 2.75) is 16.7 Å². The number of halogens is 1. The van der Waals surface area contributed by atoms with Crippen LogP contribution in [-0.2, 0) is 4.79 Å². The van der Waals surface area contributed by atoms with Crippen molar-refractivity contribution in [1.82, 2.24) is 0 Å². The summed E-state index contributed by atoms with van der Waals surface area (Å²) in [6.07, 6.45) is 2.02. The summed E-state index contributed by atoms with van der Waals surface area (Å²) >= 11 is 6.66. The summed E-state index contributed by atoms with van der Waals surface area (Å²) in [5, 5.41) is 2.94. The molecule has 0 spiro atoms. The van der Waals surface area contributed by atoms with Crippen molar-refractivity contribution in [3.8, 4) is 0 Å². The first-order chi connectivity index (χ1) is 10.1. The van der Waals surface area contributed by atoms with Gasteiger partial charge in [-0.2, -0.15) is 0 Å². The van der Waals surface area contributed by atoms with Gasteiger partial charge in [0.2, 0.25) is 5.91 Å². The molecule has 0 unspecified atom stereocenters. The summed E-state index contributed by atoms with van der Waals surface area (Å²) < 4.78 is 1.06. The number of hydrogen-bond donors (Lipinski definition) is 1. The zero-order valence-electron chi connectivity index (χ0n) is 11.9. The van der Waals surface area contributed by atoms with Crippen LogP contribution in [0.3, 0.4) is 0 Å². The third-order valence-corrected chi connectivity index (χ3v) is 5.24. The lowest BCUT2D eigenvalue weighted by Crippen LogP contribution is -2.14. The number of nitrogens with one attached hydrogen (secondary N) is 1. The molecule has 110 valence electrons. The Kier molecular flexibility index (Phi) is 6.21. The van der Waals surface area contributed by atoms with Crippen molar-refractivity contribution < 1.29 is 4.79 Å². The highest BCUT2D eigenvalue weighted by Gasteiger charge is 2.06. The molecule has 0 saturated heterocycles. The normalized spacial score (nSPS) is 10.4. The van der Waals surface area contributed by atoms with Crippen molar-refractivity contribution in [2.75, 3.05) is 17.3 Å². The molecular weight excluding hydrogens is 366 g/mol. The number of amides is 1. The monoisotopic (exact) mass is 381 g/mol. The molecular formula is C16H16BrNOS2. The van der Waals surface area contributed by atoms with Crippen LogP contribution < -0.4 is 5.32 Å². The van der Waals surface area contributed by atoms with E-state index in [2.05, 4.69) is 27.3 Å². The molecule has 2 aromatic rings. The molecule has 21 heavy (non-hydrogen) atoms. The Balaban J connectivity index is 1.92. The molecule has 0 fully saturated rings. The molecule has 0 heterocycles. The van der Waals surface area contributed by atoms with Crippen molar-refractivity contribution in [3.63, 3.8) is 0 Å². The Morgan fingerprint density at radius 1 is 1.24 bits per heavy atom. The zero-order chi connectivity index (χ0) is 15.2. The summed E-state index contributed by atoms with van der Waals surface area (Å²) in [6, 6.07) is 14.0. The van der Waals surface area contributed by atoms with Crippen molar-refractivity contribution in [2.24, 2.45) is 0 Å². The van der Waals surface area contributed by atoms with Crippen LogP contribution in [-0.4, -0.2) is 17.9 Å². The van der Waals surface area contributed by atoms with Gasteiger partial charge in [0.15, 0.2) is 0 Å². The second-order valence-corrected chi connectivity index (χ2v) is 7.29. The number of carbonyl (C=O) groups is 1. The van der Waals surface area contributed by atoms with E-state index in [4.69, 9.17) is 0 Å². The molecule has 0 saturated carbocycles. The largest absolute Gasteiger partial charge is 0.325 e. The van der Waals surface area contributed by atoms with Crippen LogP contribution in [0.15, 0.2) is 56.7 Å². The molecule has 2 nitrogen and oxygen atoms in total.